The highest BCUT2D eigenvalue weighted by Crippen LogP contribution is 2.29. The zero-order chi connectivity index (χ0) is 17.4. The van der Waals surface area contributed by atoms with Gasteiger partial charge in [0.1, 0.15) is 0 Å². The number of hydrazone groups is 1. The van der Waals surface area contributed by atoms with Gasteiger partial charge in [-0.3, -0.25) is 0 Å². The highest BCUT2D eigenvalue weighted by atomic mass is 16.5. The van der Waals surface area contributed by atoms with Crippen molar-refractivity contribution in [3.05, 3.63) is 47.5 Å². The molecule has 6 heteroatoms. The number of hydrogen-bond acceptors (Lipinski definition) is 6. The number of ether oxygens (including phenoxy) is 4. The summed E-state index contributed by atoms with van der Waals surface area (Å²) in [6, 6.07) is 11.4. The summed E-state index contributed by atoms with van der Waals surface area (Å²) >= 11 is 0. The highest BCUT2D eigenvalue weighted by Gasteiger charge is 2.07. The molecule has 0 heterocycles. The minimum absolute atomic E-state index is 0.559. The fourth-order valence-corrected chi connectivity index (χ4v) is 2.26. The molecular weight excluding hydrogens is 308 g/mol. The largest absolute Gasteiger partial charge is 0.493 e. The first-order chi connectivity index (χ1) is 11.7. The van der Waals surface area contributed by atoms with Crippen molar-refractivity contribution < 1.29 is 18.9 Å². The molecule has 2 aromatic carbocycles. The molecule has 0 aliphatic heterocycles. The summed E-state index contributed by atoms with van der Waals surface area (Å²) in [6.45, 7) is 0.559. The van der Waals surface area contributed by atoms with Crippen LogP contribution in [0.3, 0.4) is 0 Å². The van der Waals surface area contributed by atoms with Gasteiger partial charge in [0.15, 0.2) is 23.0 Å². The van der Waals surface area contributed by atoms with Crippen LogP contribution in [0.4, 0.5) is 0 Å². The molecule has 6 nitrogen and oxygen atoms in total. The first-order valence-electron chi connectivity index (χ1n) is 7.41. The van der Waals surface area contributed by atoms with Gasteiger partial charge in [-0.2, -0.15) is 5.10 Å². The highest BCUT2D eigenvalue weighted by molar-refractivity contribution is 5.84. The van der Waals surface area contributed by atoms with Crippen LogP contribution < -0.4 is 24.4 Å². The maximum atomic E-state index is 5.36. The topological polar surface area (TPSA) is 61.3 Å². The predicted octanol–water partition coefficient (Wildman–Crippen LogP) is 2.84. The van der Waals surface area contributed by atoms with E-state index in [0.717, 1.165) is 11.1 Å². The number of nitrogens with one attached hydrogen (secondary N) is 1. The lowest BCUT2D eigenvalue weighted by Crippen LogP contribution is -2.06. The quantitative estimate of drug-likeness (QED) is 0.596. The Labute approximate surface area is 142 Å². The van der Waals surface area contributed by atoms with Crippen LogP contribution in [0.25, 0.3) is 0 Å². The second kappa shape index (κ2) is 8.67. The number of para-hydroxylation sites is 1. The van der Waals surface area contributed by atoms with Crippen LogP contribution in [0.15, 0.2) is 41.5 Å². The molecule has 2 aromatic rings. The van der Waals surface area contributed by atoms with E-state index in [9.17, 15) is 0 Å². The molecule has 0 atom stereocenters. The average Bonchev–Trinajstić information content (AvgIpc) is 2.64. The van der Waals surface area contributed by atoms with Gasteiger partial charge in [0.05, 0.1) is 41.2 Å². The summed E-state index contributed by atoms with van der Waals surface area (Å²) in [7, 11) is 6.43. The van der Waals surface area contributed by atoms with E-state index >= 15 is 0 Å². The molecule has 0 saturated heterocycles. The van der Waals surface area contributed by atoms with Gasteiger partial charge in [0.2, 0.25) is 0 Å². The van der Waals surface area contributed by atoms with E-state index < -0.39 is 0 Å². The Balaban J connectivity index is 2.03. The second-order valence-electron chi connectivity index (χ2n) is 4.87. The van der Waals surface area contributed by atoms with E-state index in [-0.39, 0.29) is 0 Å². The minimum Gasteiger partial charge on any atom is -0.493 e. The molecule has 0 spiro atoms. The molecule has 0 unspecified atom stereocenters. The second-order valence-corrected chi connectivity index (χ2v) is 4.87. The van der Waals surface area contributed by atoms with Crippen LogP contribution in [0.5, 0.6) is 23.0 Å². The van der Waals surface area contributed by atoms with Gasteiger partial charge in [0.25, 0.3) is 0 Å². The lowest BCUT2D eigenvalue weighted by Gasteiger charge is -2.10. The SMILES string of the molecule is COc1ccc(CN/N=C\c2cccc(OC)c2OC)cc1OC. The Morgan fingerprint density at radius 3 is 2.29 bits per heavy atom. The van der Waals surface area contributed by atoms with E-state index in [1.54, 1.807) is 34.7 Å². The van der Waals surface area contributed by atoms with E-state index in [2.05, 4.69) is 10.5 Å². The summed E-state index contributed by atoms with van der Waals surface area (Å²) in [5.74, 6) is 2.71. The van der Waals surface area contributed by atoms with Gasteiger partial charge in [-0.25, -0.2) is 0 Å². The summed E-state index contributed by atoms with van der Waals surface area (Å²) in [4.78, 5) is 0. The zero-order valence-corrected chi connectivity index (χ0v) is 14.3. The first kappa shape index (κ1) is 17.5. The maximum absolute atomic E-state index is 5.36. The standard InChI is InChI=1S/C18H22N2O4/c1-21-15-9-8-13(10-17(15)23-3)11-19-20-12-14-6-5-7-16(22-2)18(14)24-4/h5-10,12,19H,11H2,1-4H3/b20-12-. The van der Waals surface area contributed by atoms with Gasteiger partial charge >= 0.3 is 0 Å². The Morgan fingerprint density at radius 1 is 0.875 bits per heavy atom. The fraction of sp³-hybridized carbons (Fsp3) is 0.278. The molecule has 2 rings (SSSR count). The van der Waals surface area contributed by atoms with Crippen LogP contribution >= 0.6 is 0 Å². The number of methoxy groups -OCH3 is 4. The molecular formula is C18H22N2O4. The third-order valence-electron chi connectivity index (χ3n) is 3.46. The Bertz CT molecular complexity index is 701. The molecule has 1 N–H and O–H groups in total. The van der Waals surface area contributed by atoms with Crippen molar-refractivity contribution in [2.24, 2.45) is 5.10 Å². The molecule has 0 fully saturated rings. The normalized spacial score (nSPS) is 10.5. The van der Waals surface area contributed by atoms with Crippen molar-refractivity contribution in [2.45, 2.75) is 6.54 Å². The Morgan fingerprint density at radius 2 is 1.62 bits per heavy atom. The fourth-order valence-electron chi connectivity index (χ4n) is 2.26. The van der Waals surface area contributed by atoms with Crippen LogP contribution in [0.1, 0.15) is 11.1 Å². The van der Waals surface area contributed by atoms with Gasteiger partial charge in [0, 0.05) is 5.56 Å². The van der Waals surface area contributed by atoms with Crippen molar-refractivity contribution in [1.82, 2.24) is 5.43 Å². The first-order valence-corrected chi connectivity index (χ1v) is 7.41. The molecule has 0 aliphatic rings. The van der Waals surface area contributed by atoms with Crippen LogP contribution in [-0.4, -0.2) is 34.7 Å². The average molecular weight is 330 g/mol. The van der Waals surface area contributed by atoms with E-state index in [1.165, 1.54) is 0 Å². The number of hydrogen-bond donors (Lipinski definition) is 1. The van der Waals surface area contributed by atoms with Crippen LogP contribution in [0.2, 0.25) is 0 Å². The molecule has 0 saturated carbocycles. The molecule has 0 aliphatic carbocycles. The number of benzene rings is 2. The van der Waals surface area contributed by atoms with Crippen molar-refractivity contribution in [1.29, 1.82) is 0 Å². The lowest BCUT2D eigenvalue weighted by atomic mass is 10.2. The Kier molecular flexibility index (Phi) is 6.31. The summed E-state index contributed by atoms with van der Waals surface area (Å²) in [5.41, 5.74) is 4.86. The van der Waals surface area contributed by atoms with Crippen molar-refractivity contribution in [3.63, 3.8) is 0 Å². The van der Waals surface area contributed by atoms with Crippen molar-refractivity contribution >= 4 is 6.21 Å². The molecule has 24 heavy (non-hydrogen) atoms. The predicted molar refractivity (Wildman–Crippen MR) is 93.5 cm³/mol. The Hall–Kier alpha value is -2.89. The van der Waals surface area contributed by atoms with E-state index in [4.69, 9.17) is 18.9 Å². The molecule has 0 aromatic heterocycles. The van der Waals surface area contributed by atoms with Gasteiger partial charge < -0.3 is 24.4 Å². The molecule has 0 bridgehead atoms. The van der Waals surface area contributed by atoms with E-state index in [0.29, 0.717) is 29.5 Å². The van der Waals surface area contributed by atoms with Gasteiger partial charge in [-0.15, -0.1) is 0 Å². The zero-order valence-electron chi connectivity index (χ0n) is 14.3. The third-order valence-corrected chi connectivity index (χ3v) is 3.46. The van der Waals surface area contributed by atoms with Crippen LogP contribution in [0, 0.1) is 0 Å². The summed E-state index contributed by atoms with van der Waals surface area (Å²) < 4.78 is 21.1. The van der Waals surface area contributed by atoms with Gasteiger partial charge in [-0.1, -0.05) is 12.1 Å². The number of rotatable bonds is 8. The smallest absolute Gasteiger partial charge is 0.169 e. The number of nitrogens with zero attached hydrogens (tertiary/aromatic N) is 1. The van der Waals surface area contributed by atoms with E-state index in [1.807, 2.05) is 36.4 Å². The summed E-state index contributed by atoms with van der Waals surface area (Å²) in [5, 5.41) is 4.24. The van der Waals surface area contributed by atoms with Crippen LogP contribution in [-0.2, 0) is 6.54 Å². The maximum Gasteiger partial charge on any atom is 0.169 e. The monoisotopic (exact) mass is 330 g/mol. The molecule has 0 radical (unpaired) electrons. The van der Waals surface area contributed by atoms with Crippen molar-refractivity contribution in [2.75, 3.05) is 28.4 Å². The molecule has 128 valence electrons. The lowest BCUT2D eigenvalue weighted by molar-refractivity contribution is 0.354. The minimum atomic E-state index is 0.559. The van der Waals surface area contributed by atoms with Crippen molar-refractivity contribution in [3.8, 4) is 23.0 Å². The van der Waals surface area contributed by atoms with Gasteiger partial charge in [-0.05, 0) is 29.8 Å². The third kappa shape index (κ3) is 4.10. The molecule has 0 amide bonds. The summed E-state index contributed by atoms with van der Waals surface area (Å²) in [6.07, 6.45) is 1.70.